The SMILES string of the molecule is COc1ccc([C@H](C)NC(=O)C2CCN(c3ncccc3-c3noc(C)n3)CC2)cc1. The quantitative estimate of drug-likeness (QED) is 0.651. The Labute approximate surface area is 181 Å². The molecule has 0 unspecified atom stereocenters. The third-order valence-corrected chi connectivity index (χ3v) is 5.70. The molecule has 1 saturated heterocycles. The number of anilines is 1. The van der Waals surface area contributed by atoms with Crippen molar-refractivity contribution in [3.8, 4) is 17.1 Å². The summed E-state index contributed by atoms with van der Waals surface area (Å²) in [4.78, 5) is 23.9. The number of carbonyl (C=O) groups excluding carboxylic acids is 1. The van der Waals surface area contributed by atoms with Crippen molar-refractivity contribution in [2.45, 2.75) is 32.7 Å². The Bertz CT molecular complexity index is 1030. The topological polar surface area (TPSA) is 93.4 Å². The maximum Gasteiger partial charge on any atom is 0.223 e. The highest BCUT2D eigenvalue weighted by Gasteiger charge is 2.28. The van der Waals surface area contributed by atoms with Gasteiger partial charge in [0.1, 0.15) is 11.6 Å². The third kappa shape index (κ3) is 4.68. The maximum absolute atomic E-state index is 12.8. The van der Waals surface area contributed by atoms with Gasteiger partial charge in [-0.25, -0.2) is 4.98 Å². The predicted octanol–water partition coefficient (Wildman–Crippen LogP) is 3.54. The Hall–Kier alpha value is -3.42. The zero-order valence-corrected chi connectivity index (χ0v) is 18.0. The van der Waals surface area contributed by atoms with Crippen LogP contribution in [0.2, 0.25) is 0 Å². The molecule has 0 aliphatic carbocycles. The molecule has 1 fully saturated rings. The molecule has 162 valence electrons. The first-order valence-electron chi connectivity index (χ1n) is 10.5. The Kier molecular flexibility index (Phi) is 6.16. The molecule has 1 atom stereocenters. The summed E-state index contributed by atoms with van der Waals surface area (Å²) in [5, 5.41) is 7.18. The van der Waals surface area contributed by atoms with Gasteiger partial charge in [0.05, 0.1) is 18.7 Å². The number of hydrogen-bond acceptors (Lipinski definition) is 7. The average Bonchev–Trinajstić information content (AvgIpc) is 3.25. The standard InChI is InChI=1S/C23H27N5O3/c1-15(17-6-8-19(30-3)9-7-17)25-23(29)18-10-13-28(14-11-18)22-20(5-4-12-24-22)21-26-16(2)31-27-21/h4-9,12,15,18H,10-11,13-14H2,1-3H3,(H,25,29)/t15-/m0/s1. The maximum atomic E-state index is 12.8. The largest absolute Gasteiger partial charge is 0.497 e. The van der Waals surface area contributed by atoms with E-state index in [4.69, 9.17) is 9.26 Å². The summed E-state index contributed by atoms with van der Waals surface area (Å²) in [5.41, 5.74) is 1.90. The number of amides is 1. The monoisotopic (exact) mass is 421 g/mol. The van der Waals surface area contributed by atoms with Crippen LogP contribution in [0, 0.1) is 12.8 Å². The van der Waals surface area contributed by atoms with Crippen LogP contribution >= 0.6 is 0 Å². The van der Waals surface area contributed by atoms with E-state index >= 15 is 0 Å². The van der Waals surface area contributed by atoms with Crippen LogP contribution in [0.25, 0.3) is 11.4 Å². The van der Waals surface area contributed by atoms with Gasteiger partial charge in [0.15, 0.2) is 0 Å². The molecule has 1 aliphatic rings. The van der Waals surface area contributed by atoms with Crippen LogP contribution < -0.4 is 15.0 Å². The first-order valence-corrected chi connectivity index (χ1v) is 10.5. The number of aryl methyl sites for hydroxylation is 1. The molecule has 1 aliphatic heterocycles. The summed E-state index contributed by atoms with van der Waals surface area (Å²) in [5.74, 6) is 2.77. The van der Waals surface area contributed by atoms with Gasteiger partial charge in [-0.2, -0.15) is 4.98 Å². The second-order valence-electron chi connectivity index (χ2n) is 7.78. The molecule has 8 nitrogen and oxygen atoms in total. The molecule has 3 aromatic rings. The summed E-state index contributed by atoms with van der Waals surface area (Å²) >= 11 is 0. The Morgan fingerprint density at radius 2 is 1.97 bits per heavy atom. The lowest BCUT2D eigenvalue weighted by Gasteiger charge is -2.33. The smallest absolute Gasteiger partial charge is 0.223 e. The number of nitrogens with zero attached hydrogens (tertiary/aromatic N) is 4. The van der Waals surface area contributed by atoms with Crippen LogP contribution in [0.15, 0.2) is 47.1 Å². The molecule has 1 aromatic carbocycles. The summed E-state index contributed by atoms with van der Waals surface area (Å²) in [6, 6.07) is 11.5. The van der Waals surface area contributed by atoms with E-state index in [1.807, 2.05) is 43.3 Å². The van der Waals surface area contributed by atoms with Crippen molar-refractivity contribution in [1.82, 2.24) is 20.4 Å². The Morgan fingerprint density at radius 3 is 2.61 bits per heavy atom. The number of benzene rings is 1. The summed E-state index contributed by atoms with van der Waals surface area (Å²) < 4.78 is 10.3. The van der Waals surface area contributed by atoms with Crippen LogP contribution in [-0.2, 0) is 4.79 Å². The molecule has 31 heavy (non-hydrogen) atoms. The minimum atomic E-state index is -0.0553. The molecular weight excluding hydrogens is 394 g/mol. The summed E-state index contributed by atoms with van der Waals surface area (Å²) in [7, 11) is 1.64. The molecule has 0 radical (unpaired) electrons. The van der Waals surface area contributed by atoms with Crippen LogP contribution in [0.4, 0.5) is 5.82 Å². The molecular formula is C23H27N5O3. The molecule has 0 spiro atoms. The van der Waals surface area contributed by atoms with Gasteiger partial charge < -0.3 is 19.5 Å². The first-order chi connectivity index (χ1) is 15.0. The zero-order valence-electron chi connectivity index (χ0n) is 18.0. The third-order valence-electron chi connectivity index (χ3n) is 5.70. The van der Waals surface area contributed by atoms with Crippen molar-refractivity contribution in [1.29, 1.82) is 0 Å². The van der Waals surface area contributed by atoms with E-state index in [0.29, 0.717) is 11.7 Å². The molecule has 3 heterocycles. The number of methoxy groups -OCH3 is 1. The van der Waals surface area contributed by atoms with E-state index in [-0.39, 0.29) is 17.9 Å². The number of rotatable bonds is 6. The minimum Gasteiger partial charge on any atom is -0.497 e. The van der Waals surface area contributed by atoms with E-state index in [0.717, 1.165) is 48.6 Å². The molecule has 2 aromatic heterocycles. The van der Waals surface area contributed by atoms with E-state index in [1.54, 1.807) is 20.2 Å². The van der Waals surface area contributed by atoms with Crippen LogP contribution in [0.1, 0.15) is 37.3 Å². The highest BCUT2D eigenvalue weighted by molar-refractivity contribution is 5.79. The van der Waals surface area contributed by atoms with Crippen molar-refractivity contribution in [2.24, 2.45) is 5.92 Å². The van der Waals surface area contributed by atoms with Gasteiger partial charge in [0, 0.05) is 32.1 Å². The average molecular weight is 422 g/mol. The van der Waals surface area contributed by atoms with Crippen LogP contribution in [0.5, 0.6) is 5.75 Å². The highest BCUT2D eigenvalue weighted by Crippen LogP contribution is 2.30. The van der Waals surface area contributed by atoms with Crippen molar-refractivity contribution < 1.29 is 14.1 Å². The van der Waals surface area contributed by atoms with Gasteiger partial charge in [0.25, 0.3) is 0 Å². The lowest BCUT2D eigenvalue weighted by molar-refractivity contribution is -0.126. The molecule has 0 bridgehead atoms. The van der Waals surface area contributed by atoms with Gasteiger partial charge in [-0.1, -0.05) is 17.3 Å². The Morgan fingerprint density at radius 1 is 1.23 bits per heavy atom. The fraction of sp³-hybridized carbons (Fsp3) is 0.391. The van der Waals surface area contributed by atoms with Crippen molar-refractivity contribution in [3.05, 3.63) is 54.0 Å². The first kappa shape index (κ1) is 20.8. The number of ether oxygens (including phenoxy) is 1. The van der Waals surface area contributed by atoms with E-state index in [9.17, 15) is 4.79 Å². The molecule has 4 rings (SSSR count). The molecule has 1 amide bonds. The molecule has 0 saturated carbocycles. The van der Waals surface area contributed by atoms with Crippen LogP contribution in [-0.4, -0.2) is 41.2 Å². The fourth-order valence-corrected chi connectivity index (χ4v) is 3.89. The highest BCUT2D eigenvalue weighted by atomic mass is 16.5. The van der Waals surface area contributed by atoms with E-state index < -0.39 is 0 Å². The van der Waals surface area contributed by atoms with Crippen molar-refractivity contribution in [2.75, 3.05) is 25.1 Å². The number of pyridine rings is 1. The number of hydrogen-bond donors (Lipinski definition) is 1. The summed E-state index contributed by atoms with van der Waals surface area (Å²) in [6.45, 7) is 5.26. The number of aromatic nitrogens is 3. The van der Waals surface area contributed by atoms with E-state index in [1.165, 1.54) is 0 Å². The van der Waals surface area contributed by atoms with Crippen LogP contribution in [0.3, 0.4) is 0 Å². The number of nitrogens with one attached hydrogen (secondary N) is 1. The molecule has 1 N–H and O–H groups in total. The normalized spacial score (nSPS) is 15.5. The number of carbonyl (C=O) groups is 1. The zero-order chi connectivity index (χ0) is 21.8. The van der Waals surface area contributed by atoms with Gasteiger partial charge in [0.2, 0.25) is 17.6 Å². The summed E-state index contributed by atoms with van der Waals surface area (Å²) in [6.07, 6.45) is 3.30. The van der Waals surface area contributed by atoms with Gasteiger partial charge >= 0.3 is 0 Å². The number of piperidine rings is 1. The second kappa shape index (κ2) is 9.16. The molecule has 8 heteroatoms. The lowest BCUT2D eigenvalue weighted by Crippen LogP contribution is -2.41. The van der Waals surface area contributed by atoms with Gasteiger partial charge in [-0.3, -0.25) is 4.79 Å². The lowest BCUT2D eigenvalue weighted by atomic mass is 9.95. The fourth-order valence-electron chi connectivity index (χ4n) is 3.89. The van der Waals surface area contributed by atoms with Crippen molar-refractivity contribution in [3.63, 3.8) is 0 Å². The minimum absolute atomic E-state index is 0.0171. The van der Waals surface area contributed by atoms with Gasteiger partial charge in [-0.15, -0.1) is 0 Å². The van der Waals surface area contributed by atoms with Gasteiger partial charge in [-0.05, 0) is 49.6 Å². The Balaban J connectivity index is 1.37. The van der Waals surface area contributed by atoms with E-state index in [2.05, 4.69) is 25.3 Å². The van der Waals surface area contributed by atoms with Crippen molar-refractivity contribution >= 4 is 11.7 Å². The predicted molar refractivity (Wildman–Crippen MR) is 117 cm³/mol. The second-order valence-corrected chi connectivity index (χ2v) is 7.78.